The van der Waals surface area contributed by atoms with Crippen LogP contribution in [0.5, 0.6) is 0 Å². The summed E-state index contributed by atoms with van der Waals surface area (Å²) < 4.78 is 5.11. The first kappa shape index (κ1) is 30.4. The Morgan fingerprint density at radius 1 is 1.00 bits per heavy atom. The molecule has 1 aliphatic heterocycles. The molecule has 2 bridgehead atoms. The average Bonchev–Trinajstić information content (AvgIpc) is 3.38. The molecule has 0 N–H and O–H groups in total. The van der Waals surface area contributed by atoms with Gasteiger partial charge >= 0.3 is 5.97 Å². The molecule has 1 heterocycles. The molecule has 4 heteroatoms. The summed E-state index contributed by atoms with van der Waals surface area (Å²) in [7, 11) is 0. The lowest BCUT2D eigenvalue weighted by molar-refractivity contribution is -0.336. The summed E-state index contributed by atoms with van der Waals surface area (Å²) in [6, 6.07) is 0. The van der Waals surface area contributed by atoms with Crippen molar-refractivity contribution < 1.29 is 19.3 Å². The van der Waals surface area contributed by atoms with Gasteiger partial charge in [0.05, 0.1) is 12.2 Å². The Hall–Kier alpha value is -1.57. The SMILES string of the molecule is C#C.C/C=C/C1[C@@H](C/C=C\CCCC(=O)OC(C)C)[C@@H]2C[C@H]1OO2.CCCCCCCC. The van der Waals surface area contributed by atoms with E-state index in [-0.39, 0.29) is 24.3 Å². The average molecular weight is 449 g/mol. The first-order valence-corrected chi connectivity index (χ1v) is 12.7. The van der Waals surface area contributed by atoms with Crippen LogP contribution in [0.2, 0.25) is 0 Å². The number of carbonyl (C=O) groups excluding carboxylic acids is 1. The molecule has 2 rings (SSSR count). The van der Waals surface area contributed by atoms with Gasteiger partial charge in [0.2, 0.25) is 0 Å². The van der Waals surface area contributed by atoms with Crippen LogP contribution in [0.25, 0.3) is 0 Å². The largest absolute Gasteiger partial charge is 0.463 e. The molecule has 0 spiro atoms. The lowest BCUT2D eigenvalue weighted by Gasteiger charge is -2.27. The molecule has 184 valence electrons. The summed E-state index contributed by atoms with van der Waals surface area (Å²) in [6.07, 6.45) is 29.9. The fourth-order valence-corrected chi connectivity index (χ4v) is 4.15. The minimum absolute atomic E-state index is 0.0217. The Balaban J connectivity index is 0.000000814. The number of hydrogen-bond donors (Lipinski definition) is 0. The van der Waals surface area contributed by atoms with E-state index in [4.69, 9.17) is 14.5 Å². The van der Waals surface area contributed by atoms with E-state index in [1.807, 2.05) is 13.8 Å². The van der Waals surface area contributed by atoms with E-state index in [9.17, 15) is 4.79 Å². The molecule has 1 saturated carbocycles. The number of hydrogen-bond acceptors (Lipinski definition) is 4. The second kappa shape index (κ2) is 20.1. The Bertz CT molecular complexity index is 529. The molecule has 0 radical (unpaired) electrons. The van der Waals surface area contributed by atoms with Crippen LogP contribution in [0.1, 0.15) is 105 Å². The third-order valence-electron chi connectivity index (χ3n) is 5.73. The molecule has 32 heavy (non-hydrogen) atoms. The summed E-state index contributed by atoms with van der Waals surface area (Å²) in [5, 5.41) is 0. The molecule has 4 atom stereocenters. The van der Waals surface area contributed by atoms with Crippen molar-refractivity contribution in [3.63, 3.8) is 0 Å². The van der Waals surface area contributed by atoms with Crippen LogP contribution in [0.4, 0.5) is 0 Å². The molecule has 4 nitrogen and oxygen atoms in total. The van der Waals surface area contributed by atoms with Crippen LogP contribution in [-0.2, 0) is 19.3 Å². The first-order valence-electron chi connectivity index (χ1n) is 12.7. The highest BCUT2D eigenvalue weighted by Gasteiger charge is 2.48. The van der Waals surface area contributed by atoms with E-state index in [1.165, 1.54) is 38.5 Å². The Kier molecular flexibility index (Phi) is 19.1. The summed E-state index contributed by atoms with van der Waals surface area (Å²) in [5.41, 5.74) is 0. The summed E-state index contributed by atoms with van der Waals surface area (Å²) >= 11 is 0. The van der Waals surface area contributed by atoms with E-state index in [0.717, 1.165) is 25.7 Å². The van der Waals surface area contributed by atoms with Crippen LogP contribution in [0.15, 0.2) is 24.3 Å². The maximum atomic E-state index is 11.4. The minimum Gasteiger partial charge on any atom is -0.463 e. The van der Waals surface area contributed by atoms with Gasteiger partial charge in [0.1, 0.15) is 6.10 Å². The van der Waals surface area contributed by atoms with E-state index in [0.29, 0.717) is 18.3 Å². The lowest BCUT2D eigenvalue weighted by Crippen LogP contribution is -2.28. The predicted octanol–water partition coefficient (Wildman–Crippen LogP) is 7.58. The summed E-state index contributed by atoms with van der Waals surface area (Å²) in [4.78, 5) is 22.1. The third kappa shape index (κ3) is 13.1. The second-order valence-corrected chi connectivity index (χ2v) is 8.82. The van der Waals surface area contributed by atoms with E-state index in [1.54, 1.807) is 0 Å². The molecular weight excluding hydrogens is 400 g/mol. The van der Waals surface area contributed by atoms with Gasteiger partial charge in [-0.15, -0.1) is 12.8 Å². The van der Waals surface area contributed by atoms with Gasteiger partial charge in [0, 0.05) is 24.7 Å². The second-order valence-electron chi connectivity index (χ2n) is 8.82. The van der Waals surface area contributed by atoms with Crippen molar-refractivity contribution in [2.45, 2.75) is 124 Å². The van der Waals surface area contributed by atoms with Gasteiger partial charge in [-0.1, -0.05) is 76.7 Å². The molecule has 0 aromatic heterocycles. The van der Waals surface area contributed by atoms with Crippen molar-refractivity contribution in [1.29, 1.82) is 0 Å². The Morgan fingerprint density at radius 2 is 1.62 bits per heavy atom. The number of carbonyl (C=O) groups is 1. The van der Waals surface area contributed by atoms with Crippen molar-refractivity contribution in [2.24, 2.45) is 11.8 Å². The van der Waals surface area contributed by atoms with E-state index < -0.39 is 0 Å². The van der Waals surface area contributed by atoms with Crippen LogP contribution >= 0.6 is 0 Å². The number of allylic oxidation sites excluding steroid dienone is 3. The molecule has 2 fully saturated rings. The molecule has 1 unspecified atom stereocenters. The zero-order chi connectivity index (χ0) is 24.2. The number of ether oxygens (including phenoxy) is 1. The zero-order valence-electron chi connectivity index (χ0n) is 21.3. The van der Waals surface area contributed by atoms with Crippen LogP contribution in [0, 0.1) is 24.7 Å². The first-order chi connectivity index (χ1) is 15.5. The molecule has 2 aliphatic rings. The van der Waals surface area contributed by atoms with Gasteiger partial charge in [-0.05, 0) is 40.0 Å². The van der Waals surface area contributed by atoms with Crippen molar-refractivity contribution in [3.8, 4) is 12.8 Å². The number of unbranched alkanes of at least 4 members (excludes halogenated alkanes) is 6. The lowest BCUT2D eigenvalue weighted by atomic mass is 9.89. The summed E-state index contributed by atoms with van der Waals surface area (Å²) in [6.45, 7) is 10.3. The molecule has 1 aliphatic carbocycles. The predicted molar refractivity (Wildman–Crippen MR) is 134 cm³/mol. The van der Waals surface area contributed by atoms with Gasteiger partial charge < -0.3 is 4.74 Å². The Morgan fingerprint density at radius 3 is 2.19 bits per heavy atom. The maximum absolute atomic E-state index is 11.4. The number of terminal acetylenes is 1. The van der Waals surface area contributed by atoms with Crippen LogP contribution in [-0.4, -0.2) is 24.3 Å². The van der Waals surface area contributed by atoms with Gasteiger partial charge in [-0.3, -0.25) is 4.79 Å². The smallest absolute Gasteiger partial charge is 0.306 e. The number of rotatable bonds is 13. The fraction of sp³-hybridized carbons (Fsp3) is 0.750. The van der Waals surface area contributed by atoms with Crippen LogP contribution < -0.4 is 0 Å². The molecule has 0 amide bonds. The van der Waals surface area contributed by atoms with Crippen molar-refractivity contribution in [3.05, 3.63) is 24.3 Å². The normalized spacial score (nSPS) is 23.8. The highest BCUT2D eigenvalue weighted by atomic mass is 17.2. The molecular formula is C28H48O4. The quantitative estimate of drug-likeness (QED) is 0.0957. The van der Waals surface area contributed by atoms with Gasteiger partial charge in [0.25, 0.3) is 0 Å². The topological polar surface area (TPSA) is 44.8 Å². The van der Waals surface area contributed by atoms with Crippen molar-refractivity contribution in [2.75, 3.05) is 0 Å². The molecule has 0 aromatic rings. The van der Waals surface area contributed by atoms with Crippen molar-refractivity contribution in [1.82, 2.24) is 0 Å². The third-order valence-corrected chi connectivity index (χ3v) is 5.73. The van der Waals surface area contributed by atoms with E-state index >= 15 is 0 Å². The minimum atomic E-state index is -0.102. The van der Waals surface area contributed by atoms with Crippen molar-refractivity contribution >= 4 is 5.97 Å². The maximum Gasteiger partial charge on any atom is 0.306 e. The standard InChI is InChI=1S/C18H28O4.C8H18.C2H2/c1-4-9-14-15(17-12-16(14)21-22-17)10-7-5-6-8-11-18(19)20-13(2)3;1-3-5-7-8-6-4-2;1-2/h4-5,7,9,13-17H,6,8,10-12H2,1-3H3;3-8H2,1-2H3;1-2H/b7-5-,9-4+;;/t14?,15-,16-,17+;;/m1../s1. The summed E-state index contributed by atoms with van der Waals surface area (Å²) in [5.74, 6) is 0.877. The zero-order valence-corrected chi connectivity index (χ0v) is 21.3. The fourth-order valence-electron chi connectivity index (χ4n) is 4.15. The number of fused-ring (bicyclic) bond motifs is 2. The highest BCUT2D eigenvalue weighted by Crippen LogP contribution is 2.44. The molecule has 1 saturated heterocycles. The van der Waals surface area contributed by atoms with Gasteiger partial charge in [0.15, 0.2) is 0 Å². The highest BCUT2D eigenvalue weighted by molar-refractivity contribution is 5.69. The van der Waals surface area contributed by atoms with Gasteiger partial charge in [-0.25, -0.2) is 9.78 Å². The molecule has 0 aromatic carbocycles. The van der Waals surface area contributed by atoms with E-state index in [2.05, 4.69) is 57.9 Å². The Labute approximate surface area is 198 Å². The van der Waals surface area contributed by atoms with Crippen LogP contribution in [0.3, 0.4) is 0 Å². The monoisotopic (exact) mass is 448 g/mol. The van der Waals surface area contributed by atoms with Gasteiger partial charge in [-0.2, -0.15) is 0 Å². The number of esters is 1.